The molecule has 26 heavy (non-hydrogen) atoms. The summed E-state index contributed by atoms with van der Waals surface area (Å²) in [6.45, 7) is 5.73. The molecule has 134 valence electrons. The summed E-state index contributed by atoms with van der Waals surface area (Å²) in [4.78, 5) is 1.85. The van der Waals surface area contributed by atoms with Gasteiger partial charge < -0.3 is 5.11 Å². The Morgan fingerprint density at radius 1 is 0.885 bits per heavy atom. The van der Waals surface area contributed by atoms with Crippen LogP contribution in [0.25, 0.3) is 11.1 Å². The second-order valence-corrected chi connectivity index (χ2v) is 7.73. The normalized spacial score (nSPS) is 11.2. The van der Waals surface area contributed by atoms with Crippen LogP contribution in [0.2, 0.25) is 0 Å². The third-order valence-electron chi connectivity index (χ3n) is 4.25. The van der Waals surface area contributed by atoms with Crippen LogP contribution >= 0.6 is 11.8 Å². The van der Waals surface area contributed by atoms with Gasteiger partial charge in [-0.15, -0.1) is 0 Å². The van der Waals surface area contributed by atoms with Gasteiger partial charge in [-0.1, -0.05) is 31.7 Å². The van der Waals surface area contributed by atoms with Gasteiger partial charge in [0.15, 0.2) is 0 Å². The predicted molar refractivity (Wildman–Crippen MR) is 103 cm³/mol. The van der Waals surface area contributed by atoms with Crippen LogP contribution in [-0.2, 0) is 0 Å². The Bertz CT molecular complexity index is 934. The number of hydrogen-bond donors (Lipinski definition) is 1. The maximum Gasteiger partial charge on any atom is 0.126 e. The molecule has 0 unspecified atom stereocenters. The van der Waals surface area contributed by atoms with E-state index in [-0.39, 0.29) is 23.3 Å². The third-order valence-corrected chi connectivity index (χ3v) is 5.23. The minimum atomic E-state index is -0.273. The Morgan fingerprint density at radius 3 is 2.19 bits per heavy atom. The molecule has 0 aliphatic rings. The molecule has 1 N–H and O–H groups in total. The Kier molecular flexibility index (Phi) is 5.33. The Morgan fingerprint density at radius 2 is 1.58 bits per heavy atom. The van der Waals surface area contributed by atoms with Crippen LogP contribution in [0.15, 0.2) is 64.4 Å². The van der Waals surface area contributed by atoms with E-state index in [0.29, 0.717) is 11.1 Å². The lowest BCUT2D eigenvalue weighted by atomic mass is 9.95. The molecule has 0 aliphatic heterocycles. The van der Waals surface area contributed by atoms with Crippen LogP contribution in [0.3, 0.4) is 0 Å². The molecular weight excluding hydrogens is 350 g/mol. The van der Waals surface area contributed by atoms with Crippen molar-refractivity contribution in [3.05, 3.63) is 77.4 Å². The largest absolute Gasteiger partial charge is 0.507 e. The van der Waals surface area contributed by atoms with E-state index < -0.39 is 0 Å². The highest BCUT2D eigenvalue weighted by molar-refractivity contribution is 7.99. The second-order valence-electron chi connectivity index (χ2n) is 6.58. The van der Waals surface area contributed by atoms with Crippen molar-refractivity contribution in [3.63, 3.8) is 0 Å². The fourth-order valence-electron chi connectivity index (χ4n) is 2.80. The molecule has 0 spiro atoms. The smallest absolute Gasteiger partial charge is 0.126 e. The molecule has 3 rings (SSSR count). The summed E-state index contributed by atoms with van der Waals surface area (Å²) in [6, 6.07) is 15.0. The summed E-state index contributed by atoms with van der Waals surface area (Å²) >= 11 is 1.50. The van der Waals surface area contributed by atoms with Crippen LogP contribution in [-0.4, -0.2) is 5.11 Å². The van der Waals surface area contributed by atoms with E-state index in [1.807, 2.05) is 26.0 Å². The topological polar surface area (TPSA) is 20.2 Å². The van der Waals surface area contributed by atoms with E-state index in [1.54, 1.807) is 31.2 Å². The van der Waals surface area contributed by atoms with Crippen LogP contribution in [0, 0.1) is 18.6 Å². The molecule has 0 saturated heterocycles. The van der Waals surface area contributed by atoms with Crippen LogP contribution < -0.4 is 0 Å². The lowest BCUT2D eigenvalue weighted by Gasteiger charge is -2.16. The van der Waals surface area contributed by atoms with Crippen molar-refractivity contribution < 1.29 is 13.9 Å². The lowest BCUT2D eigenvalue weighted by Crippen LogP contribution is -1.93. The first-order chi connectivity index (χ1) is 12.3. The zero-order valence-corrected chi connectivity index (χ0v) is 15.7. The molecule has 0 radical (unpaired) electrons. The van der Waals surface area contributed by atoms with Gasteiger partial charge in [0.2, 0.25) is 0 Å². The highest BCUT2D eigenvalue weighted by Crippen LogP contribution is 2.41. The maximum atomic E-state index is 13.6. The number of hydrogen-bond acceptors (Lipinski definition) is 2. The molecule has 3 aromatic carbocycles. The summed E-state index contributed by atoms with van der Waals surface area (Å²) in [6.07, 6.45) is 0. The van der Waals surface area contributed by atoms with Crippen molar-refractivity contribution in [2.45, 2.75) is 36.5 Å². The molecular formula is C22H20F2OS. The van der Waals surface area contributed by atoms with Crippen LogP contribution in [0.1, 0.15) is 30.9 Å². The Balaban J connectivity index is 2.09. The Labute approximate surface area is 156 Å². The van der Waals surface area contributed by atoms with E-state index in [1.165, 1.54) is 30.0 Å². The van der Waals surface area contributed by atoms with E-state index in [4.69, 9.17) is 0 Å². The first-order valence-corrected chi connectivity index (χ1v) is 9.23. The summed E-state index contributed by atoms with van der Waals surface area (Å²) in [5.74, 6) is -0.196. The fourth-order valence-corrected chi connectivity index (χ4v) is 3.71. The average Bonchev–Trinajstić information content (AvgIpc) is 2.60. The predicted octanol–water partition coefficient (Wildman–Crippen LogP) is 6.92. The zero-order chi connectivity index (χ0) is 18.8. The van der Waals surface area contributed by atoms with Gasteiger partial charge in [-0.05, 0) is 78.1 Å². The molecule has 0 heterocycles. The van der Waals surface area contributed by atoms with Gasteiger partial charge in [0.05, 0.1) is 0 Å². The van der Waals surface area contributed by atoms with Crippen molar-refractivity contribution in [1.29, 1.82) is 0 Å². The molecule has 1 nitrogen and oxygen atoms in total. The van der Waals surface area contributed by atoms with Crippen molar-refractivity contribution in [2.75, 3.05) is 0 Å². The Hall–Kier alpha value is -2.33. The summed E-state index contributed by atoms with van der Waals surface area (Å²) in [5, 5.41) is 10.7. The number of phenols is 1. The van der Waals surface area contributed by atoms with Crippen molar-refractivity contribution in [1.82, 2.24) is 0 Å². The van der Waals surface area contributed by atoms with Crippen LogP contribution in [0.5, 0.6) is 5.75 Å². The number of aromatic hydroxyl groups is 1. The summed E-state index contributed by atoms with van der Waals surface area (Å²) in [7, 11) is 0. The number of phenolic OH excluding ortho intramolecular Hbond substituents is 1. The third kappa shape index (κ3) is 3.91. The van der Waals surface area contributed by atoms with E-state index >= 15 is 0 Å². The monoisotopic (exact) mass is 370 g/mol. The SMILES string of the molecule is Cc1cc(-c2cc(Sc3ccc(F)cc3)cc(C(C)C)c2O)ccc1F. The molecule has 0 aromatic heterocycles. The molecule has 0 bridgehead atoms. The second kappa shape index (κ2) is 7.50. The van der Waals surface area contributed by atoms with Gasteiger partial charge in [0.1, 0.15) is 17.4 Å². The fraction of sp³-hybridized carbons (Fsp3) is 0.182. The van der Waals surface area contributed by atoms with Crippen LogP contribution in [0.4, 0.5) is 8.78 Å². The van der Waals surface area contributed by atoms with Gasteiger partial charge in [0, 0.05) is 15.4 Å². The van der Waals surface area contributed by atoms with Gasteiger partial charge in [-0.2, -0.15) is 0 Å². The van der Waals surface area contributed by atoms with E-state index in [0.717, 1.165) is 20.9 Å². The first-order valence-electron chi connectivity index (χ1n) is 8.42. The number of rotatable bonds is 4. The van der Waals surface area contributed by atoms with Gasteiger partial charge >= 0.3 is 0 Å². The average molecular weight is 370 g/mol. The summed E-state index contributed by atoms with van der Waals surface area (Å²) < 4.78 is 26.8. The highest BCUT2D eigenvalue weighted by Gasteiger charge is 2.16. The summed E-state index contributed by atoms with van der Waals surface area (Å²) in [5.41, 5.74) is 2.80. The van der Waals surface area contributed by atoms with Gasteiger partial charge in [-0.25, -0.2) is 8.78 Å². The molecule has 0 amide bonds. The molecule has 0 saturated carbocycles. The molecule has 0 atom stereocenters. The van der Waals surface area contributed by atoms with Crippen molar-refractivity contribution in [2.24, 2.45) is 0 Å². The minimum absolute atomic E-state index is 0.129. The standard InChI is InChI=1S/C22H20F2OS/c1-13(2)19-11-18(26-17-7-5-16(23)6-8-17)12-20(22(19)25)15-4-9-21(24)14(3)10-15/h4-13,25H,1-3H3. The van der Waals surface area contributed by atoms with Gasteiger partial charge in [-0.3, -0.25) is 0 Å². The minimum Gasteiger partial charge on any atom is -0.507 e. The molecule has 0 fully saturated rings. The zero-order valence-electron chi connectivity index (χ0n) is 14.9. The molecule has 0 aliphatic carbocycles. The maximum absolute atomic E-state index is 13.6. The number of benzene rings is 3. The van der Waals surface area contributed by atoms with Crippen molar-refractivity contribution in [3.8, 4) is 16.9 Å². The number of halogens is 2. The number of aryl methyl sites for hydroxylation is 1. The quantitative estimate of drug-likeness (QED) is 0.538. The van der Waals surface area contributed by atoms with Gasteiger partial charge in [0.25, 0.3) is 0 Å². The lowest BCUT2D eigenvalue weighted by molar-refractivity contribution is 0.466. The first kappa shape index (κ1) is 18.5. The van der Waals surface area contributed by atoms with E-state index in [2.05, 4.69) is 0 Å². The highest BCUT2D eigenvalue weighted by atomic mass is 32.2. The van der Waals surface area contributed by atoms with Crippen molar-refractivity contribution >= 4 is 11.8 Å². The van der Waals surface area contributed by atoms with E-state index in [9.17, 15) is 13.9 Å². The molecule has 4 heteroatoms. The molecule has 3 aromatic rings.